The summed E-state index contributed by atoms with van der Waals surface area (Å²) in [7, 11) is 3.63. The van der Waals surface area contributed by atoms with Crippen LogP contribution in [0.15, 0.2) is 0 Å². The van der Waals surface area contributed by atoms with Crippen molar-refractivity contribution in [3.63, 3.8) is 0 Å². The molecule has 0 aliphatic rings. The van der Waals surface area contributed by atoms with Crippen LogP contribution < -0.4 is 5.32 Å². The molecule has 0 aromatic carbocycles. The molecular formula is C13H26N2O4. The van der Waals surface area contributed by atoms with E-state index in [9.17, 15) is 9.59 Å². The monoisotopic (exact) mass is 274 g/mol. The van der Waals surface area contributed by atoms with E-state index in [0.29, 0.717) is 6.54 Å². The number of nitrogens with zero attached hydrogens (tertiary/aromatic N) is 1. The Morgan fingerprint density at radius 1 is 1.37 bits per heavy atom. The first-order valence-corrected chi connectivity index (χ1v) is 6.70. The predicted octanol–water partition coefficient (Wildman–Crippen LogP) is 1.06. The maximum absolute atomic E-state index is 12.0. The third-order valence-corrected chi connectivity index (χ3v) is 2.87. The Morgan fingerprint density at radius 3 is 2.47 bits per heavy atom. The van der Waals surface area contributed by atoms with Crippen LogP contribution in [-0.4, -0.2) is 54.9 Å². The van der Waals surface area contributed by atoms with E-state index >= 15 is 0 Å². The van der Waals surface area contributed by atoms with E-state index in [4.69, 9.17) is 9.84 Å². The van der Waals surface area contributed by atoms with Crippen LogP contribution in [0.3, 0.4) is 0 Å². The molecule has 6 nitrogen and oxygen atoms in total. The van der Waals surface area contributed by atoms with Crippen molar-refractivity contribution in [2.45, 2.75) is 51.8 Å². The number of hydrogen-bond acceptors (Lipinski definition) is 5. The van der Waals surface area contributed by atoms with Gasteiger partial charge in [-0.05, 0) is 40.4 Å². The number of nitrogens with one attached hydrogen (secondary N) is 1. The fourth-order valence-electron chi connectivity index (χ4n) is 1.38. The van der Waals surface area contributed by atoms with Gasteiger partial charge in [0, 0.05) is 6.42 Å². The molecule has 0 radical (unpaired) electrons. The van der Waals surface area contributed by atoms with Crippen molar-refractivity contribution in [3.05, 3.63) is 0 Å². The number of carbonyl (C=O) groups excluding carboxylic acids is 1. The van der Waals surface area contributed by atoms with Gasteiger partial charge in [-0.2, -0.15) is 0 Å². The number of ether oxygens (including phenoxy) is 1. The van der Waals surface area contributed by atoms with E-state index in [1.54, 1.807) is 11.8 Å². The Bertz CT molecular complexity index is 282. The number of unbranched alkanes of at least 4 members (excludes halogenated alkanes) is 1. The van der Waals surface area contributed by atoms with Gasteiger partial charge in [-0.25, -0.2) is 0 Å². The molecular weight excluding hydrogens is 248 g/mol. The second-order valence-electron chi connectivity index (χ2n) is 4.79. The molecule has 0 amide bonds. The zero-order chi connectivity index (χ0) is 14.8. The van der Waals surface area contributed by atoms with Crippen LogP contribution in [0.4, 0.5) is 0 Å². The van der Waals surface area contributed by atoms with Crippen molar-refractivity contribution in [1.29, 1.82) is 0 Å². The lowest BCUT2D eigenvalue weighted by atomic mass is 10.1. The average molecular weight is 274 g/mol. The summed E-state index contributed by atoms with van der Waals surface area (Å²) in [5.74, 6) is -1.30. The van der Waals surface area contributed by atoms with Gasteiger partial charge in [0.2, 0.25) is 0 Å². The van der Waals surface area contributed by atoms with E-state index in [0.717, 1.165) is 12.8 Å². The van der Waals surface area contributed by atoms with Gasteiger partial charge in [-0.15, -0.1) is 0 Å². The molecule has 0 aromatic heterocycles. The van der Waals surface area contributed by atoms with E-state index in [1.165, 1.54) is 0 Å². The maximum Gasteiger partial charge on any atom is 0.324 e. The third-order valence-electron chi connectivity index (χ3n) is 2.87. The first-order chi connectivity index (χ1) is 8.88. The number of carboxylic acid groups (broad SMARTS) is 1. The summed E-state index contributed by atoms with van der Waals surface area (Å²) in [6, 6.07) is -0.551. The van der Waals surface area contributed by atoms with Crippen LogP contribution in [0.25, 0.3) is 0 Å². The van der Waals surface area contributed by atoms with Crippen molar-refractivity contribution in [2.24, 2.45) is 0 Å². The minimum absolute atomic E-state index is 0.0464. The zero-order valence-corrected chi connectivity index (χ0v) is 12.3. The van der Waals surface area contributed by atoms with Gasteiger partial charge in [-0.1, -0.05) is 13.3 Å². The van der Waals surface area contributed by atoms with Gasteiger partial charge in [-0.3, -0.25) is 14.5 Å². The van der Waals surface area contributed by atoms with Crippen molar-refractivity contribution in [1.82, 2.24) is 10.2 Å². The fraction of sp³-hybridized carbons (Fsp3) is 0.846. The highest BCUT2D eigenvalue weighted by Gasteiger charge is 2.22. The quantitative estimate of drug-likeness (QED) is 0.352. The molecule has 0 saturated carbocycles. The largest absolute Gasteiger partial charge is 0.481 e. The smallest absolute Gasteiger partial charge is 0.324 e. The number of carboxylic acids is 1. The van der Waals surface area contributed by atoms with Crippen molar-refractivity contribution >= 4 is 11.9 Å². The summed E-state index contributed by atoms with van der Waals surface area (Å²) in [4.78, 5) is 24.3. The van der Waals surface area contributed by atoms with E-state index in [2.05, 4.69) is 12.2 Å². The van der Waals surface area contributed by atoms with Gasteiger partial charge in [0.05, 0.1) is 0 Å². The molecule has 1 unspecified atom stereocenters. The molecule has 0 heterocycles. The Hall–Kier alpha value is -1.14. The third kappa shape index (κ3) is 8.56. The standard InChI is InChI=1S/C13H26N2O4/c1-5-6-9-14-11(7-8-12(16)17)13(18)19-10(2)15(3)4/h10-11,14H,5-9H2,1-4H3,(H,16,17)/t10?,11-/m0/s1. The van der Waals surface area contributed by atoms with Crippen molar-refractivity contribution < 1.29 is 19.4 Å². The second-order valence-corrected chi connectivity index (χ2v) is 4.79. The van der Waals surface area contributed by atoms with Crippen molar-refractivity contribution in [3.8, 4) is 0 Å². The van der Waals surface area contributed by atoms with E-state index in [1.807, 2.05) is 14.1 Å². The van der Waals surface area contributed by atoms with Gasteiger partial charge in [0.25, 0.3) is 0 Å². The van der Waals surface area contributed by atoms with Crippen LogP contribution in [0, 0.1) is 0 Å². The molecule has 0 spiro atoms. The van der Waals surface area contributed by atoms with Crippen LogP contribution in [0.1, 0.15) is 39.5 Å². The number of rotatable bonds is 10. The Labute approximate surface area is 115 Å². The summed E-state index contributed by atoms with van der Waals surface area (Å²) in [5.41, 5.74) is 0. The molecule has 0 fully saturated rings. The molecule has 112 valence electrons. The summed E-state index contributed by atoms with van der Waals surface area (Å²) < 4.78 is 5.27. The first-order valence-electron chi connectivity index (χ1n) is 6.70. The summed E-state index contributed by atoms with van der Waals surface area (Å²) >= 11 is 0. The lowest BCUT2D eigenvalue weighted by Crippen LogP contribution is -2.42. The molecule has 0 aliphatic heterocycles. The van der Waals surface area contributed by atoms with Gasteiger partial charge < -0.3 is 15.2 Å². The molecule has 0 aromatic rings. The fourth-order valence-corrected chi connectivity index (χ4v) is 1.38. The molecule has 19 heavy (non-hydrogen) atoms. The highest BCUT2D eigenvalue weighted by atomic mass is 16.6. The van der Waals surface area contributed by atoms with E-state index < -0.39 is 18.0 Å². The predicted molar refractivity (Wildman–Crippen MR) is 72.8 cm³/mol. The van der Waals surface area contributed by atoms with Crippen LogP contribution in [0.2, 0.25) is 0 Å². The summed E-state index contributed by atoms with van der Waals surface area (Å²) in [6.45, 7) is 4.52. The zero-order valence-electron chi connectivity index (χ0n) is 12.3. The number of aliphatic carboxylic acids is 1. The Kier molecular flexibility index (Phi) is 9.16. The minimum atomic E-state index is -0.907. The molecule has 0 bridgehead atoms. The van der Waals surface area contributed by atoms with Crippen LogP contribution in [0.5, 0.6) is 0 Å². The lowest BCUT2D eigenvalue weighted by Gasteiger charge is -2.23. The molecule has 0 saturated heterocycles. The topological polar surface area (TPSA) is 78.9 Å². The van der Waals surface area contributed by atoms with Crippen LogP contribution >= 0.6 is 0 Å². The number of esters is 1. The summed E-state index contributed by atoms with van der Waals surface area (Å²) in [6.07, 6.45) is 1.84. The molecule has 2 N–H and O–H groups in total. The van der Waals surface area contributed by atoms with Gasteiger partial charge in [0.1, 0.15) is 6.04 Å². The number of hydrogen-bond donors (Lipinski definition) is 2. The van der Waals surface area contributed by atoms with E-state index in [-0.39, 0.29) is 19.1 Å². The SMILES string of the molecule is CCCCN[C@@H](CCC(=O)O)C(=O)OC(C)N(C)C. The maximum atomic E-state index is 12.0. The molecule has 0 aliphatic carbocycles. The first kappa shape index (κ1) is 17.9. The van der Waals surface area contributed by atoms with Gasteiger partial charge >= 0.3 is 11.9 Å². The lowest BCUT2D eigenvalue weighted by molar-refractivity contribution is -0.158. The molecule has 2 atom stereocenters. The van der Waals surface area contributed by atoms with Crippen LogP contribution in [-0.2, 0) is 14.3 Å². The minimum Gasteiger partial charge on any atom is -0.481 e. The molecule has 6 heteroatoms. The highest BCUT2D eigenvalue weighted by Crippen LogP contribution is 2.04. The normalized spacial score (nSPS) is 14.2. The average Bonchev–Trinajstić information content (AvgIpc) is 2.32. The second kappa shape index (κ2) is 9.75. The van der Waals surface area contributed by atoms with Gasteiger partial charge in [0.15, 0.2) is 6.23 Å². The Morgan fingerprint density at radius 2 is 2.00 bits per heavy atom. The summed E-state index contributed by atoms with van der Waals surface area (Å²) in [5, 5.41) is 11.8. The highest BCUT2D eigenvalue weighted by molar-refractivity contribution is 5.77. The van der Waals surface area contributed by atoms with Crippen molar-refractivity contribution in [2.75, 3.05) is 20.6 Å². The molecule has 0 rings (SSSR count). The Balaban J connectivity index is 4.35. The number of carbonyl (C=O) groups is 2.